The summed E-state index contributed by atoms with van der Waals surface area (Å²) in [6.07, 6.45) is 1.54. The lowest BCUT2D eigenvalue weighted by Crippen LogP contribution is -2.37. The largest absolute Gasteiger partial charge is 0.0881 e. The second-order valence-electron chi connectivity index (χ2n) is 6.69. The van der Waals surface area contributed by atoms with Crippen molar-refractivity contribution >= 4 is 47.8 Å². The third-order valence-electron chi connectivity index (χ3n) is 6.85. The van der Waals surface area contributed by atoms with Crippen molar-refractivity contribution in [1.29, 1.82) is 0 Å². The maximum Gasteiger partial charge on any atom is 0.0875 e. The zero-order valence-electron chi connectivity index (χ0n) is 8.46. The van der Waals surface area contributed by atoms with Crippen molar-refractivity contribution in [3.63, 3.8) is 0 Å². The minimum atomic E-state index is 0.292. The molecule has 9 atom stereocenters. The van der Waals surface area contributed by atoms with Gasteiger partial charge in [-0.3, -0.25) is 0 Å². The maximum absolute atomic E-state index is 4.05. The van der Waals surface area contributed by atoms with Crippen molar-refractivity contribution in [3.05, 3.63) is 0 Å². The van der Waals surface area contributed by atoms with Gasteiger partial charge in [0.05, 0.1) is 3.23 Å². The zero-order valence-corrected chi connectivity index (χ0v) is 13.2. The standard InChI is InChI=1S/C12H13Br3/c1-11-7-4-2-3-5(6(4)10(11)13)9(11)12(14,15)8(3)7/h3-10H,2H2,1H3/t3-,4+,5+,6-,7-,8+,9+,10+,11-/m0/s1. The third-order valence-corrected chi connectivity index (χ3v) is 10.5. The van der Waals surface area contributed by atoms with E-state index in [1.165, 1.54) is 6.42 Å². The Bertz CT molecular complexity index is 390. The van der Waals surface area contributed by atoms with Crippen LogP contribution in [0.4, 0.5) is 0 Å². The Morgan fingerprint density at radius 1 is 1.07 bits per heavy atom. The Hall–Kier alpha value is 1.44. The van der Waals surface area contributed by atoms with Crippen molar-refractivity contribution in [2.75, 3.05) is 0 Å². The van der Waals surface area contributed by atoms with Crippen LogP contribution < -0.4 is 0 Å². The van der Waals surface area contributed by atoms with E-state index >= 15 is 0 Å². The van der Waals surface area contributed by atoms with Crippen molar-refractivity contribution in [2.24, 2.45) is 46.8 Å². The second kappa shape index (κ2) is 2.18. The van der Waals surface area contributed by atoms with Gasteiger partial charge >= 0.3 is 0 Å². The molecule has 6 rings (SSSR count). The highest BCUT2D eigenvalue weighted by Crippen LogP contribution is 2.92. The molecule has 6 fully saturated rings. The predicted octanol–water partition coefficient (Wildman–Crippen LogP) is 4.01. The summed E-state index contributed by atoms with van der Waals surface area (Å²) in [6, 6.07) is 0. The first kappa shape index (κ1) is 9.38. The Morgan fingerprint density at radius 2 is 1.73 bits per heavy atom. The Labute approximate surface area is 115 Å². The average molecular weight is 397 g/mol. The fourth-order valence-electron chi connectivity index (χ4n) is 7.03. The van der Waals surface area contributed by atoms with E-state index in [1.54, 1.807) is 0 Å². The summed E-state index contributed by atoms with van der Waals surface area (Å²) >= 11 is 12.2. The molecule has 0 N–H and O–H groups in total. The highest BCUT2D eigenvalue weighted by Gasteiger charge is 2.90. The predicted molar refractivity (Wildman–Crippen MR) is 70.5 cm³/mol. The molecular weight excluding hydrogens is 384 g/mol. The van der Waals surface area contributed by atoms with Crippen LogP contribution in [0.3, 0.4) is 0 Å². The van der Waals surface area contributed by atoms with Crippen LogP contribution in [0.15, 0.2) is 0 Å². The number of halogens is 3. The van der Waals surface area contributed by atoms with Crippen LogP contribution in [0.2, 0.25) is 0 Å². The molecule has 0 aromatic carbocycles. The van der Waals surface area contributed by atoms with Crippen LogP contribution in [0.5, 0.6) is 0 Å². The normalized spacial score (nSPS) is 79.2. The molecule has 0 unspecified atom stereocenters. The van der Waals surface area contributed by atoms with E-state index in [2.05, 4.69) is 54.7 Å². The minimum Gasteiger partial charge on any atom is -0.0881 e. The number of alkyl halides is 3. The molecule has 0 aliphatic heterocycles. The number of hydrogen-bond donors (Lipinski definition) is 0. The molecule has 0 aromatic heterocycles. The summed E-state index contributed by atoms with van der Waals surface area (Å²) in [5, 5.41) is 0. The molecule has 0 radical (unpaired) electrons. The molecule has 0 aromatic rings. The summed E-state index contributed by atoms with van der Waals surface area (Å²) in [4.78, 5) is 0.807. The number of hydrogen-bond acceptors (Lipinski definition) is 0. The van der Waals surface area contributed by atoms with Crippen LogP contribution in [-0.4, -0.2) is 8.06 Å². The van der Waals surface area contributed by atoms with E-state index in [0.29, 0.717) is 8.65 Å². The van der Waals surface area contributed by atoms with Crippen LogP contribution in [0.25, 0.3) is 0 Å². The van der Waals surface area contributed by atoms with Gasteiger partial charge in [-0.25, -0.2) is 0 Å². The van der Waals surface area contributed by atoms with E-state index in [-0.39, 0.29) is 0 Å². The summed E-state index contributed by atoms with van der Waals surface area (Å²) in [6.45, 7) is 2.56. The van der Waals surface area contributed by atoms with E-state index < -0.39 is 0 Å². The molecule has 0 saturated heterocycles. The Balaban J connectivity index is 1.88. The van der Waals surface area contributed by atoms with E-state index in [1.807, 2.05) is 0 Å². The Morgan fingerprint density at radius 3 is 2.40 bits per heavy atom. The molecule has 82 valence electrons. The fraction of sp³-hybridized carbons (Fsp3) is 1.00. The van der Waals surface area contributed by atoms with Gasteiger partial charge in [0.2, 0.25) is 0 Å². The zero-order chi connectivity index (χ0) is 10.3. The average Bonchev–Trinajstić information content (AvgIpc) is 2.81. The van der Waals surface area contributed by atoms with E-state index in [0.717, 1.165) is 46.3 Å². The molecule has 0 spiro atoms. The molecule has 0 amide bonds. The summed E-state index contributed by atoms with van der Waals surface area (Å²) < 4.78 is 0.292. The van der Waals surface area contributed by atoms with Crippen LogP contribution >= 0.6 is 47.8 Å². The summed E-state index contributed by atoms with van der Waals surface area (Å²) in [5.74, 6) is 6.98. The van der Waals surface area contributed by atoms with Crippen LogP contribution in [0.1, 0.15) is 13.3 Å². The second-order valence-corrected chi connectivity index (χ2v) is 11.4. The van der Waals surface area contributed by atoms with Gasteiger partial charge in [-0.1, -0.05) is 54.7 Å². The minimum absolute atomic E-state index is 0.292. The van der Waals surface area contributed by atoms with Gasteiger partial charge in [0.25, 0.3) is 0 Å². The first-order chi connectivity index (χ1) is 7.00. The lowest BCUT2D eigenvalue weighted by atomic mass is 9.64. The van der Waals surface area contributed by atoms with Crippen LogP contribution in [0, 0.1) is 46.8 Å². The van der Waals surface area contributed by atoms with Gasteiger partial charge < -0.3 is 0 Å². The quantitative estimate of drug-likeness (QED) is 0.543. The van der Waals surface area contributed by atoms with Gasteiger partial charge in [0, 0.05) is 4.83 Å². The molecule has 15 heavy (non-hydrogen) atoms. The molecule has 6 aliphatic rings. The molecule has 6 aliphatic carbocycles. The van der Waals surface area contributed by atoms with Gasteiger partial charge in [-0.2, -0.15) is 0 Å². The fourth-order valence-corrected chi connectivity index (χ4v) is 11.2. The molecular formula is C12H13Br3. The smallest absolute Gasteiger partial charge is 0.0875 e. The first-order valence-electron chi connectivity index (χ1n) is 6.02. The monoisotopic (exact) mass is 394 g/mol. The summed E-state index contributed by atoms with van der Waals surface area (Å²) in [5.41, 5.74) is 0.588. The van der Waals surface area contributed by atoms with E-state index in [4.69, 9.17) is 0 Å². The lowest BCUT2D eigenvalue weighted by Gasteiger charge is -2.40. The van der Waals surface area contributed by atoms with Gasteiger partial charge in [0.1, 0.15) is 0 Å². The number of rotatable bonds is 0. The first-order valence-corrected chi connectivity index (χ1v) is 8.52. The highest BCUT2D eigenvalue weighted by molar-refractivity contribution is 9.25. The molecule has 3 heteroatoms. The third kappa shape index (κ3) is 0.613. The van der Waals surface area contributed by atoms with Crippen molar-refractivity contribution < 1.29 is 0 Å². The van der Waals surface area contributed by atoms with Crippen molar-refractivity contribution in [2.45, 2.75) is 21.4 Å². The van der Waals surface area contributed by atoms with Crippen LogP contribution in [-0.2, 0) is 0 Å². The molecule has 6 bridgehead atoms. The maximum atomic E-state index is 4.05. The SMILES string of the molecule is C[C@@]12[C@H]3[C@@H]4C[C@H]5[C@H]([C@H]4[C@H]1Br)[C@H]2C(Br)(Br)[C@H]53. The summed E-state index contributed by atoms with van der Waals surface area (Å²) in [7, 11) is 0. The van der Waals surface area contributed by atoms with Crippen molar-refractivity contribution in [3.8, 4) is 0 Å². The van der Waals surface area contributed by atoms with Gasteiger partial charge in [0.15, 0.2) is 0 Å². The topological polar surface area (TPSA) is 0 Å². The van der Waals surface area contributed by atoms with Gasteiger partial charge in [-0.05, 0) is 53.3 Å². The molecule has 0 heterocycles. The molecule has 6 saturated carbocycles. The lowest BCUT2D eigenvalue weighted by molar-refractivity contribution is 0.0700. The molecule has 0 nitrogen and oxygen atoms in total. The van der Waals surface area contributed by atoms with Crippen molar-refractivity contribution in [1.82, 2.24) is 0 Å². The van der Waals surface area contributed by atoms with E-state index in [9.17, 15) is 0 Å². The van der Waals surface area contributed by atoms with Gasteiger partial charge in [-0.15, -0.1) is 0 Å². The highest BCUT2D eigenvalue weighted by atomic mass is 79.9. The Kier molecular flexibility index (Phi) is 1.36.